The molecule has 1 aromatic rings. The van der Waals surface area contributed by atoms with Crippen LogP contribution in [0, 0.1) is 0 Å². The number of hydrogen-bond acceptors (Lipinski definition) is 3. The first-order valence-corrected chi connectivity index (χ1v) is 7.43. The monoisotopic (exact) mass is 291 g/mol. The molecular formula is C16H25N3O2. The fourth-order valence-electron chi connectivity index (χ4n) is 2.66. The largest absolute Gasteiger partial charge is 0.389 e. The molecule has 0 radical (unpaired) electrons. The lowest BCUT2D eigenvalue weighted by Crippen LogP contribution is -2.57. The molecule has 21 heavy (non-hydrogen) atoms. The quantitative estimate of drug-likeness (QED) is 0.780. The van der Waals surface area contributed by atoms with Gasteiger partial charge in [0.25, 0.3) is 0 Å². The van der Waals surface area contributed by atoms with E-state index in [1.54, 1.807) is 13.0 Å². The number of benzene rings is 1. The van der Waals surface area contributed by atoms with Crippen LogP contribution in [0.15, 0.2) is 24.3 Å². The fourth-order valence-corrected chi connectivity index (χ4v) is 2.66. The van der Waals surface area contributed by atoms with E-state index in [1.165, 1.54) is 6.42 Å². The van der Waals surface area contributed by atoms with Crippen molar-refractivity contribution >= 4 is 11.7 Å². The van der Waals surface area contributed by atoms with E-state index in [2.05, 4.69) is 29.6 Å². The zero-order valence-electron chi connectivity index (χ0n) is 13.0. The molecule has 3 N–H and O–H groups in total. The third kappa shape index (κ3) is 3.74. The van der Waals surface area contributed by atoms with Crippen LogP contribution < -0.4 is 10.6 Å². The van der Waals surface area contributed by atoms with Crippen molar-refractivity contribution in [1.29, 1.82) is 0 Å². The number of aliphatic hydroxyl groups excluding tert-OH is 1. The lowest BCUT2D eigenvalue weighted by atomic mass is 9.75. The van der Waals surface area contributed by atoms with Crippen LogP contribution in [0.3, 0.4) is 0 Å². The van der Waals surface area contributed by atoms with Crippen LogP contribution in [-0.4, -0.2) is 42.2 Å². The molecule has 0 aliphatic heterocycles. The number of likely N-dealkylation sites (N-methyl/N-ethyl adjacent to an activating group) is 1. The molecule has 1 aromatic carbocycles. The molecule has 0 bridgehead atoms. The van der Waals surface area contributed by atoms with Gasteiger partial charge < -0.3 is 20.6 Å². The fraction of sp³-hybridized carbons (Fsp3) is 0.562. The highest BCUT2D eigenvalue weighted by Gasteiger charge is 2.39. The van der Waals surface area contributed by atoms with E-state index in [4.69, 9.17) is 0 Å². The number of hydrogen-bond donors (Lipinski definition) is 3. The molecular weight excluding hydrogens is 266 g/mol. The summed E-state index contributed by atoms with van der Waals surface area (Å²) in [4.78, 5) is 14.2. The van der Waals surface area contributed by atoms with Crippen LogP contribution in [0.25, 0.3) is 0 Å². The Bertz CT molecular complexity index is 496. The molecule has 1 aliphatic rings. The van der Waals surface area contributed by atoms with E-state index in [0.29, 0.717) is 12.2 Å². The number of urea groups is 1. The standard InChI is InChI=1S/C16H25N3O2/c1-12(20)13-6-4-7-14(10-13)18-15(21)17-11-16(19(2)3)8-5-9-16/h4,6-7,10,12,20H,5,8-9,11H2,1-3H3,(H2,17,18,21). The third-order valence-corrected chi connectivity index (χ3v) is 4.44. The van der Waals surface area contributed by atoms with E-state index in [-0.39, 0.29) is 11.6 Å². The average molecular weight is 291 g/mol. The van der Waals surface area contributed by atoms with Gasteiger partial charge in [-0.25, -0.2) is 4.79 Å². The van der Waals surface area contributed by atoms with Crippen molar-refractivity contribution < 1.29 is 9.90 Å². The molecule has 1 fully saturated rings. The van der Waals surface area contributed by atoms with Crippen molar-refractivity contribution in [2.45, 2.75) is 37.8 Å². The summed E-state index contributed by atoms with van der Waals surface area (Å²) in [7, 11) is 4.12. The van der Waals surface area contributed by atoms with Crippen LogP contribution in [-0.2, 0) is 0 Å². The Morgan fingerprint density at radius 1 is 1.43 bits per heavy atom. The van der Waals surface area contributed by atoms with Gasteiger partial charge in [0.2, 0.25) is 0 Å². The highest BCUT2D eigenvalue weighted by Crippen LogP contribution is 2.35. The van der Waals surface area contributed by atoms with Crippen LogP contribution in [0.2, 0.25) is 0 Å². The topological polar surface area (TPSA) is 64.6 Å². The Kier molecular flexibility index (Phi) is 4.85. The second kappa shape index (κ2) is 6.45. The summed E-state index contributed by atoms with van der Waals surface area (Å²) in [6, 6.07) is 7.06. The first kappa shape index (κ1) is 15.8. The maximum absolute atomic E-state index is 12.0. The van der Waals surface area contributed by atoms with Crippen molar-refractivity contribution in [2.24, 2.45) is 0 Å². The maximum atomic E-state index is 12.0. The summed E-state index contributed by atoms with van der Waals surface area (Å²) in [5, 5.41) is 15.3. The zero-order chi connectivity index (χ0) is 15.5. The Morgan fingerprint density at radius 3 is 2.67 bits per heavy atom. The number of rotatable bonds is 5. The summed E-state index contributed by atoms with van der Waals surface area (Å²) in [6.45, 7) is 2.36. The number of anilines is 1. The van der Waals surface area contributed by atoms with Crippen LogP contribution in [0.1, 0.15) is 37.9 Å². The highest BCUT2D eigenvalue weighted by atomic mass is 16.3. The minimum Gasteiger partial charge on any atom is -0.389 e. The Labute approximate surface area is 126 Å². The summed E-state index contributed by atoms with van der Waals surface area (Å²) in [6.07, 6.45) is 2.93. The molecule has 2 amide bonds. The molecule has 0 spiro atoms. The number of aliphatic hydroxyl groups is 1. The lowest BCUT2D eigenvalue weighted by Gasteiger charge is -2.47. The van der Waals surface area contributed by atoms with Gasteiger partial charge in [-0.05, 0) is 58.0 Å². The molecule has 0 saturated heterocycles. The molecule has 0 heterocycles. The number of carbonyl (C=O) groups excluding carboxylic acids is 1. The van der Waals surface area contributed by atoms with E-state index in [1.807, 2.05) is 18.2 Å². The van der Waals surface area contributed by atoms with E-state index >= 15 is 0 Å². The third-order valence-electron chi connectivity index (χ3n) is 4.44. The molecule has 1 unspecified atom stereocenters. The van der Waals surface area contributed by atoms with E-state index in [9.17, 15) is 9.90 Å². The Morgan fingerprint density at radius 2 is 2.14 bits per heavy atom. The van der Waals surface area contributed by atoms with Crippen molar-refractivity contribution in [1.82, 2.24) is 10.2 Å². The van der Waals surface area contributed by atoms with Crippen molar-refractivity contribution in [3.05, 3.63) is 29.8 Å². The normalized spacial score (nSPS) is 18.0. The number of carbonyl (C=O) groups is 1. The molecule has 1 aliphatic carbocycles. The smallest absolute Gasteiger partial charge is 0.319 e. The molecule has 1 atom stereocenters. The van der Waals surface area contributed by atoms with Gasteiger partial charge in [0, 0.05) is 17.8 Å². The lowest BCUT2D eigenvalue weighted by molar-refractivity contribution is 0.0630. The number of nitrogens with zero attached hydrogens (tertiary/aromatic N) is 1. The van der Waals surface area contributed by atoms with Crippen LogP contribution in [0.4, 0.5) is 10.5 Å². The minimum absolute atomic E-state index is 0.110. The molecule has 5 heteroatoms. The first-order valence-electron chi connectivity index (χ1n) is 7.43. The first-order chi connectivity index (χ1) is 9.93. The van der Waals surface area contributed by atoms with Gasteiger partial charge in [0.15, 0.2) is 0 Å². The number of nitrogens with one attached hydrogen (secondary N) is 2. The van der Waals surface area contributed by atoms with Gasteiger partial charge in [0.05, 0.1) is 6.10 Å². The van der Waals surface area contributed by atoms with Gasteiger partial charge in [-0.15, -0.1) is 0 Å². The van der Waals surface area contributed by atoms with E-state index in [0.717, 1.165) is 18.4 Å². The molecule has 116 valence electrons. The molecule has 0 aromatic heterocycles. The number of amides is 2. The summed E-state index contributed by atoms with van der Waals surface area (Å²) in [5.74, 6) is 0. The summed E-state index contributed by atoms with van der Waals surface area (Å²) >= 11 is 0. The van der Waals surface area contributed by atoms with Crippen molar-refractivity contribution in [3.8, 4) is 0 Å². The van der Waals surface area contributed by atoms with Crippen molar-refractivity contribution in [3.63, 3.8) is 0 Å². The van der Waals surface area contributed by atoms with E-state index < -0.39 is 6.10 Å². The molecule has 5 nitrogen and oxygen atoms in total. The zero-order valence-corrected chi connectivity index (χ0v) is 13.0. The van der Waals surface area contributed by atoms with Crippen molar-refractivity contribution in [2.75, 3.05) is 26.0 Å². The molecule has 2 rings (SSSR count). The van der Waals surface area contributed by atoms with Gasteiger partial charge in [-0.2, -0.15) is 0 Å². The second-order valence-corrected chi connectivity index (χ2v) is 6.08. The minimum atomic E-state index is -0.540. The Balaban J connectivity index is 1.89. The molecule has 1 saturated carbocycles. The SMILES string of the molecule is CC(O)c1cccc(NC(=O)NCC2(N(C)C)CCC2)c1. The van der Waals surface area contributed by atoms with Gasteiger partial charge in [-0.3, -0.25) is 0 Å². The maximum Gasteiger partial charge on any atom is 0.319 e. The van der Waals surface area contributed by atoms with Crippen LogP contribution in [0.5, 0.6) is 0 Å². The summed E-state index contributed by atoms with van der Waals surface area (Å²) in [5.41, 5.74) is 1.59. The predicted octanol–water partition coefficient (Wildman–Crippen LogP) is 2.35. The predicted molar refractivity (Wildman–Crippen MR) is 84.4 cm³/mol. The van der Waals surface area contributed by atoms with Crippen LogP contribution >= 0.6 is 0 Å². The highest BCUT2D eigenvalue weighted by molar-refractivity contribution is 5.89. The van der Waals surface area contributed by atoms with Gasteiger partial charge in [-0.1, -0.05) is 12.1 Å². The Hall–Kier alpha value is -1.59. The summed E-state index contributed by atoms with van der Waals surface area (Å²) < 4.78 is 0. The van der Waals surface area contributed by atoms with Gasteiger partial charge >= 0.3 is 6.03 Å². The van der Waals surface area contributed by atoms with Gasteiger partial charge in [0.1, 0.15) is 0 Å². The average Bonchev–Trinajstić information content (AvgIpc) is 2.37. The second-order valence-electron chi connectivity index (χ2n) is 6.08.